The molecule has 0 radical (unpaired) electrons. The molecule has 1 aliphatic rings. The first-order chi connectivity index (χ1) is 12.7. The summed E-state index contributed by atoms with van der Waals surface area (Å²) in [4.78, 5) is 38.5. The molecule has 140 valence electrons. The van der Waals surface area contributed by atoms with Crippen LogP contribution in [0.5, 0.6) is 0 Å². The first-order valence-electron chi connectivity index (χ1n) is 8.81. The van der Waals surface area contributed by atoms with Crippen molar-refractivity contribution in [1.29, 1.82) is 0 Å². The largest absolute Gasteiger partial charge is 0.334 e. The normalized spacial score (nSPS) is 13.6. The number of fused-ring (bicyclic) bond motifs is 1. The highest BCUT2D eigenvalue weighted by atomic mass is 16.2. The number of rotatable bonds is 3. The Bertz CT molecular complexity index is 929. The molecule has 0 unspecified atom stereocenters. The molecule has 2 aromatic carbocycles. The van der Waals surface area contributed by atoms with Crippen LogP contribution in [0.25, 0.3) is 0 Å². The predicted molar refractivity (Wildman–Crippen MR) is 104 cm³/mol. The number of imide groups is 1. The number of hydrogen-bond acceptors (Lipinski definition) is 3. The van der Waals surface area contributed by atoms with E-state index >= 15 is 0 Å². The number of aryl methyl sites for hydroxylation is 1. The van der Waals surface area contributed by atoms with Gasteiger partial charge in [-0.2, -0.15) is 0 Å². The van der Waals surface area contributed by atoms with Crippen molar-refractivity contribution >= 4 is 23.5 Å². The maximum atomic E-state index is 12.6. The van der Waals surface area contributed by atoms with E-state index in [1.54, 1.807) is 18.2 Å². The van der Waals surface area contributed by atoms with E-state index < -0.39 is 5.54 Å². The third kappa shape index (κ3) is 3.69. The zero-order chi connectivity index (χ0) is 19.8. The van der Waals surface area contributed by atoms with Crippen LogP contribution < -0.4 is 10.6 Å². The number of benzene rings is 2. The zero-order valence-electron chi connectivity index (χ0n) is 15.9. The summed E-state index contributed by atoms with van der Waals surface area (Å²) < 4.78 is 0. The lowest BCUT2D eigenvalue weighted by Gasteiger charge is -2.29. The summed E-state index contributed by atoms with van der Waals surface area (Å²) in [7, 11) is 0. The molecule has 2 N–H and O–H groups in total. The van der Waals surface area contributed by atoms with E-state index in [2.05, 4.69) is 10.6 Å². The molecule has 0 saturated carbocycles. The average molecular weight is 365 g/mol. The molecule has 3 rings (SSSR count). The number of urea groups is 1. The summed E-state index contributed by atoms with van der Waals surface area (Å²) >= 11 is 0. The minimum Gasteiger partial charge on any atom is -0.334 e. The summed E-state index contributed by atoms with van der Waals surface area (Å²) in [5, 5.41) is 5.51. The van der Waals surface area contributed by atoms with Crippen LogP contribution >= 0.6 is 0 Å². The Morgan fingerprint density at radius 1 is 1.00 bits per heavy atom. The van der Waals surface area contributed by atoms with Gasteiger partial charge in [0.2, 0.25) is 0 Å². The molecular formula is C21H23N3O3. The van der Waals surface area contributed by atoms with Crippen molar-refractivity contribution in [2.24, 2.45) is 0 Å². The fourth-order valence-corrected chi connectivity index (χ4v) is 3.09. The maximum Gasteiger partial charge on any atom is 0.319 e. The summed E-state index contributed by atoms with van der Waals surface area (Å²) in [6.07, 6.45) is 0. The van der Waals surface area contributed by atoms with Crippen molar-refractivity contribution in [3.8, 4) is 0 Å². The van der Waals surface area contributed by atoms with Crippen LogP contribution in [0.2, 0.25) is 0 Å². The second kappa shape index (κ2) is 6.87. The van der Waals surface area contributed by atoms with Gasteiger partial charge in [-0.25, -0.2) is 4.79 Å². The number of nitrogens with zero attached hydrogens (tertiary/aromatic N) is 1. The van der Waals surface area contributed by atoms with Crippen LogP contribution in [0, 0.1) is 6.92 Å². The van der Waals surface area contributed by atoms with Gasteiger partial charge in [-0.1, -0.05) is 24.3 Å². The molecule has 0 aliphatic carbocycles. The van der Waals surface area contributed by atoms with Gasteiger partial charge in [-0.15, -0.1) is 0 Å². The molecule has 0 atom stereocenters. The molecule has 4 amide bonds. The third-order valence-corrected chi connectivity index (χ3v) is 4.52. The zero-order valence-corrected chi connectivity index (χ0v) is 15.9. The van der Waals surface area contributed by atoms with Gasteiger partial charge in [0.25, 0.3) is 11.8 Å². The van der Waals surface area contributed by atoms with Gasteiger partial charge in [-0.05, 0) is 57.0 Å². The van der Waals surface area contributed by atoms with E-state index in [9.17, 15) is 14.4 Å². The highest BCUT2D eigenvalue weighted by Crippen LogP contribution is 2.30. The highest BCUT2D eigenvalue weighted by molar-refractivity contribution is 6.22. The second-order valence-electron chi connectivity index (χ2n) is 7.61. The van der Waals surface area contributed by atoms with Crippen LogP contribution in [0.1, 0.15) is 52.6 Å². The van der Waals surface area contributed by atoms with Crippen LogP contribution in [-0.4, -0.2) is 28.3 Å². The monoisotopic (exact) mass is 365 g/mol. The first-order valence-corrected chi connectivity index (χ1v) is 8.81. The number of nitrogens with one attached hydrogen (secondary N) is 2. The van der Waals surface area contributed by atoms with Gasteiger partial charge in [-0.3, -0.25) is 14.5 Å². The van der Waals surface area contributed by atoms with Crippen LogP contribution in [0.4, 0.5) is 10.5 Å². The fraction of sp³-hybridized carbons (Fsp3) is 0.286. The lowest BCUT2D eigenvalue weighted by molar-refractivity contribution is 0.0507. The van der Waals surface area contributed by atoms with Crippen LogP contribution in [0.15, 0.2) is 42.5 Å². The summed E-state index contributed by atoms with van der Waals surface area (Å²) in [6, 6.07) is 12.2. The summed E-state index contributed by atoms with van der Waals surface area (Å²) in [5.41, 5.74) is 2.66. The number of carbonyl (C=O) groups is 3. The molecule has 0 fully saturated rings. The molecule has 0 aromatic heterocycles. The minimum atomic E-state index is -0.605. The Morgan fingerprint density at radius 3 is 2.33 bits per heavy atom. The Kier molecular flexibility index (Phi) is 4.74. The molecule has 6 heteroatoms. The Hall–Kier alpha value is -3.15. The van der Waals surface area contributed by atoms with Crippen molar-refractivity contribution in [2.75, 3.05) is 5.32 Å². The SMILES string of the molecule is Cc1ccccc1CNC(=O)Nc1ccc2c(c1)C(=O)N(C(C)(C)C)C2=O. The van der Waals surface area contributed by atoms with Crippen molar-refractivity contribution in [3.63, 3.8) is 0 Å². The molecule has 27 heavy (non-hydrogen) atoms. The Balaban J connectivity index is 1.71. The molecule has 6 nitrogen and oxygen atoms in total. The summed E-state index contributed by atoms with van der Waals surface area (Å²) in [6.45, 7) is 7.82. The molecule has 2 aromatic rings. The third-order valence-electron chi connectivity index (χ3n) is 4.52. The van der Waals surface area contributed by atoms with Crippen molar-refractivity contribution < 1.29 is 14.4 Å². The van der Waals surface area contributed by atoms with E-state index in [0.29, 0.717) is 23.4 Å². The van der Waals surface area contributed by atoms with Gasteiger partial charge in [0.05, 0.1) is 11.1 Å². The number of amides is 4. The van der Waals surface area contributed by atoms with E-state index in [1.807, 2.05) is 52.0 Å². The Morgan fingerprint density at radius 2 is 1.67 bits per heavy atom. The van der Waals surface area contributed by atoms with Gasteiger partial charge in [0.1, 0.15) is 0 Å². The van der Waals surface area contributed by atoms with Gasteiger partial charge < -0.3 is 10.6 Å². The van der Waals surface area contributed by atoms with E-state index in [4.69, 9.17) is 0 Å². The predicted octanol–water partition coefficient (Wildman–Crippen LogP) is 3.71. The standard InChI is InChI=1S/C21H23N3O3/c1-13-7-5-6-8-14(13)12-22-20(27)23-15-9-10-16-17(11-15)19(26)24(18(16)25)21(2,3)4/h5-11H,12H2,1-4H3,(H2,22,23,27). The first kappa shape index (κ1) is 18.6. The van der Waals surface area contributed by atoms with Gasteiger partial charge in [0.15, 0.2) is 0 Å². The lowest BCUT2D eigenvalue weighted by Crippen LogP contribution is -2.45. The van der Waals surface area contributed by atoms with Crippen LogP contribution in [-0.2, 0) is 6.54 Å². The molecule has 0 saturated heterocycles. The number of hydrogen-bond donors (Lipinski definition) is 2. The number of anilines is 1. The van der Waals surface area contributed by atoms with Gasteiger partial charge >= 0.3 is 6.03 Å². The minimum absolute atomic E-state index is 0.307. The van der Waals surface area contributed by atoms with E-state index in [0.717, 1.165) is 11.1 Å². The van der Waals surface area contributed by atoms with Crippen LogP contribution in [0.3, 0.4) is 0 Å². The molecule has 0 bridgehead atoms. The van der Waals surface area contributed by atoms with Gasteiger partial charge in [0, 0.05) is 17.8 Å². The smallest absolute Gasteiger partial charge is 0.319 e. The topological polar surface area (TPSA) is 78.5 Å². The van der Waals surface area contributed by atoms with Crippen molar-refractivity contribution in [2.45, 2.75) is 39.8 Å². The molecule has 1 aliphatic heterocycles. The lowest BCUT2D eigenvalue weighted by atomic mass is 10.1. The van der Waals surface area contributed by atoms with E-state index in [1.165, 1.54) is 4.90 Å². The highest BCUT2D eigenvalue weighted by Gasteiger charge is 2.41. The van der Waals surface area contributed by atoms with Crippen molar-refractivity contribution in [3.05, 3.63) is 64.7 Å². The maximum absolute atomic E-state index is 12.6. The Labute approximate surface area is 158 Å². The number of carbonyl (C=O) groups excluding carboxylic acids is 3. The van der Waals surface area contributed by atoms with Crippen molar-refractivity contribution in [1.82, 2.24) is 10.2 Å². The molecule has 0 spiro atoms. The molecular weight excluding hydrogens is 342 g/mol. The quantitative estimate of drug-likeness (QED) is 0.814. The average Bonchev–Trinajstić information content (AvgIpc) is 2.84. The molecule has 1 heterocycles. The van der Waals surface area contributed by atoms with E-state index in [-0.39, 0.29) is 17.8 Å². The summed E-state index contributed by atoms with van der Waals surface area (Å²) in [5.74, 6) is -0.649. The fourth-order valence-electron chi connectivity index (χ4n) is 3.09. The second-order valence-corrected chi connectivity index (χ2v) is 7.61.